The molecule has 1 aliphatic rings. The predicted octanol–water partition coefficient (Wildman–Crippen LogP) is 4.14. The maximum absolute atomic E-state index is 13.0. The molecule has 1 heterocycles. The van der Waals surface area contributed by atoms with Gasteiger partial charge in [0.2, 0.25) is 0 Å². The Morgan fingerprint density at radius 1 is 1.19 bits per heavy atom. The van der Waals surface area contributed by atoms with Crippen molar-refractivity contribution in [2.24, 2.45) is 11.7 Å². The van der Waals surface area contributed by atoms with E-state index in [-0.39, 0.29) is 12.8 Å². The van der Waals surface area contributed by atoms with Crippen LogP contribution in [0, 0.1) is 5.92 Å². The zero-order valence-electron chi connectivity index (χ0n) is 11.5. The third-order valence-corrected chi connectivity index (χ3v) is 4.42. The molecule has 2 atom stereocenters. The van der Waals surface area contributed by atoms with Gasteiger partial charge >= 0.3 is 6.18 Å². The number of nitrogens with two attached hydrogens (primary N) is 1. The lowest BCUT2D eigenvalue weighted by molar-refractivity contribution is -0.187. The molecule has 1 saturated carbocycles. The quantitative estimate of drug-likeness (QED) is 0.858. The number of nitrogens with zero attached hydrogens (tertiary/aromatic N) is 1. The smallest absolute Gasteiger partial charge is 0.321 e. The molecule has 21 heavy (non-hydrogen) atoms. The minimum atomic E-state index is -4.18. The van der Waals surface area contributed by atoms with Crippen LogP contribution in [0.4, 0.5) is 13.2 Å². The molecule has 1 aliphatic carbocycles. The second-order valence-corrected chi connectivity index (χ2v) is 5.87. The number of benzene rings is 1. The van der Waals surface area contributed by atoms with Crippen LogP contribution in [0.25, 0.3) is 10.9 Å². The number of rotatable bonds is 1. The normalized spacial score (nSPS) is 27.0. The standard InChI is InChI=1S/C16H17F3N2/c17-16(18,19)12-6-2-8-15(20,10-12)13-7-1-4-11-5-3-9-21-14(11)13/h1,3-5,7,9,12H,2,6,8,10,20H2. The molecule has 0 saturated heterocycles. The number of pyridine rings is 1. The summed E-state index contributed by atoms with van der Waals surface area (Å²) in [5.74, 6) is -1.32. The fourth-order valence-electron chi connectivity index (χ4n) is 3.34. The van der Waals surface area contributed by atoms with Gasteiger partial charge in [0.15, 0.2) is 0 Å². The number of halogens is 3. The van der Waals surface area contributed by atoms with Crippen LogP contribution in [0.5, 0.6) is 0 Å². The first kappa shape index (κ1) is 14.3. The van der Waals surface area contributed by atoms with Gasteiger partial charge in [-0.3, -0.25) is 4.98 Å². The van der Waals surface area contributed by atoms with E-state index in [1.54, 1.807) is 6.20 Å². The second-order valence-electron chi connectivity index (χ2n) is 5.87. The molecule has 2 aromatic rings. The zero-order chi connectivity index (χ0) is 15.1. The van der Waals surface area contributed by atoms with Crippen molar-refractivity contribution in [3.8, 4) is 0 Å². The molecule has 0 bridgehead atoms. The van der Waals surface area contributed by atoms with Crippen LogP contribution in [0.2, 0.25) is 0 Å². The molecule has 1 fully saturated rings. The van der Waals surface area contributed by atoms with Crippen molar-refractivity contribution in [3.05, 3.63) is 42.1 Å². The molecule has 0 aliphatic heterocycles. The molecule has 1 aromatic carbocycles. The van der Waals surface area contributed by atoms with Crippen LogP contribution in [-0.2, 0) is 5.54 Å². The summed E-state index contributed by atoms with van der Waals surface area (Å²) < 4.78 is 39.1. The Hall–Kier alpha value is -1.62. The van der Waals surface area contributed by atoms with E-state index in [4.69, 9.17) is 5.73 Å². The lowest BCUT2D eigenvalue weighted by atomic mass is 9.72. The highest BCUT2D eigenvalue weighted by molar-refractivity contribution is 5.82. The van der Waals surface area contributed by atoms with Gasteiger partial charge in [-0.2, -0.15) is 13.2 Å². The summed E-state index contributed by atoms with van der Waals surface area (Å²) in [7, 11) is 0. The lowest BCUT2D eigenvalue weighted by Gasteiger charge is -2.39. The minimum absolute atomic E-state index is 0.0633. The van der Waals surface area contributed by atoms with E-state index >= 15 is 0 Å². The van der Waals surface area contributed by atoms with Crippen molar-refractivity contribution in [2.45, 2.75) is 37.4 Å². The second kappa shape index (κ2) is 4.98. The topological polar surface area (TPSA) is 38.9 Å². The average Bonchev–Trinajstić information content (AvgIpc) is 2.46. The molecule has 2 unspecified atom stereocenters. The largest absolute Gasteiger partial charge is 0.391 e. The van der Waals surface area contributed by atoms with Crippen LogP contribution in [0.3, 0.4) is 0 Å². The first-order valence-corrected chi connectivity index (χ1v) is 7.10. The SMILES string of the molecule is NC1(c2cccc3cccnc23)CCCC(C(F)(F)F)C1. The van der Waals surface area contributed by atoms with Gasteiger partial charge < -0.3 is 5.73 Å². The molecule has 2 N–H and O–H groups in total. The van der Waals surface area contributed by atoms with Gasteiger partial charge in [-0.05, 0) is 30.9 Å². The summed E-state index contributed by atoms with van der Waals surface area (Å²) in [6.07, 6.45) is -1.37. The van der Waals surface area contributed by atoms with Crippen molar-refractivity contribution < 1.29 is 13.2 Å². The molecule has 5 heteroatoms. The zero-order valence-corrected chi connectivity index (χ0v) is 11.5. The highest BCUT2D eigenvalue weighted by Crippen LogP contribution is 2.45. The van der Waals surface area contributed by atoms with E-state index in [2.05, 4.69) is 4.98 Å². The number of hydrogen-bond donors (Lipinski definition) is 1. The van der Waals surface area contributed by atoms with Crippen molar-refractivity contribution in [1.29, 1.82) is 0 Å². The van der Waals surface area contributed by atoms with Gasteiger partial charge in [0.1, 0.15) is 0 Å². The number of alkyl halides is 3. The van der Waals surface area contributed by atoms with E-state index in [0.717, 1.165) is 10.9 Å². The molecular weight excluding hydrogens is 277 g/mol. The van der Waals surface area contributed by atoms with Gasteiger partial charge in [-0.15, -0.1) is 0 Å². The van der Waals surface area contributed by atoms with E-state index in [1.807, 2.05) is 30.3 Å². The maximum atomic E-state index is 13.0. The van der Waals surface area contributed by atoms with Crippen molar-refractivity contribution in [3.63, 3.8) is 0 Å². The summed E-state index contributed by atoms with van der Waals surface area (Å²) in [6.45, 7) is 0. The van der Waals surface area contributed by atoms with Crippen LogP contribution < -0.4 is 5.73 Å². The average molecular weight is 294 g/mol. The van der Waals surface area contributed by atoms with Gasteiger partial charge in [-0.1, -0.05) is 30.7 Å². The summed E-state index contributed by atoms with van der Waals surface area (Å²) >= 11 is 0. The third-order valence-electron chi connectivity index (χ3n) is 4.42. The van der Waals surface area contributed by atoms with E-state index in [0.29, 0.717) is 18.4 Å². The minimum Gasteiger partial charge on any atom is -0.321 e. The van der Waals surface area contributed by atoms with Gasteiger partial charge in [-0.25, -0.2) is 0 Å². The molecule has 1 aromatic heterocycles. The van der Waals surface area contributed by atoms with Crippen LogP contribution in [0.1, 0.15) is 31.2 Å². The first-order chi connectivity index (χ1) is 9.90. The molecular formula is C16H17F3N2. The third kappa shape index (κ3) is 2.62. The van der Waals surface area contributed by atoms with Crippen LogP contribution >= 0.6 is 0 Å². The molecule has 0 radical (unpaired) electrons. The summed E-state index contributed by atoms with van der Waals surface area (Å²) in [5, 5.41) is 0.911. The highest BCUT2D eigenvalue weighted by atomic mass is 19.4. The molecule has 2 nitrogen and oxygen atoms in total. The molecule has 3 rings (SSSR count). The predicted molar refractivity (Wildman–Crippen MR) is 75.6 cm³/mol. The molecule has 0 amide bonds. The fourth-order valence-corrected chi connectivity index (χ4v) is 3.34. The Morgan fingerprint density at radius 2 is 1.95 bits per heavy atom. The number of aromatic nitrogens is 1. The first-order valence-electron chi connectivity index (χ1n) is 7.10. The Balaban J connectivity index is 2.04. The Morgan fingerprint density at radius 3 is 2.71 bits per heavy atom. The summed E-state index contributed by atoms with van der Waals surface area (Å²) in [4.78, 5) is 4.33. The maximum Gasteiger partial charge on any atom is 0.391 e. The lowest BCUT2D eigenvalue weighted by Crippen LogP contribution is -2.45. The monoisotopic (exact) mass is 294 g/mol. The summed E-state index contributed by atoms with van der Waals surface area (Å²) in [5.41, 5.74) is 6.89. The number of para-hydroxylation sites is 1. The van der Waals surface area contributed by atoms with Gasteiger partial charge in [0.25, 0.3) is 0 Å². The van der Waals surface area contributed by atoms with Crippen molar-refractivity contribution >= 4 is 10.9 Å². The Bertz CT molecular complexity index is 648. The van der Waals surface area contributed by atoms with E-state index < -0.39 is 17.6 Å². The van der Waals surface area contributed by atoms with Gasteiger partial charge in [0.05, 0.1) is 11.4 Å². The van der Waals surface area contributed by atoms with Crippen molar-refractivity contribution in [2.75, 3.05) is 0 Å². The molecule has 0 spiro atoms. The van der Waals surface area contributed by atoms with Gasteiger partial charge in [0, 0.05) is 17.1 Å². The van der Waals surface area contributed by atoms with E-state index in [1.165, 1.54) is 0 Å². The summed E-state index contributed by atoms with van der Waals surface area (Å²) in [6, 6.07) is 9.27. The van der Waals surface area contributed by atoms with E-state index in [9.17, 15) is 13.2 Å². The van der Waals surface area contributed by atoms with Crippen LogP contribution in [0.15, 0.2) is 36.5 Å². The fraction of sp³-hybridized carbons (Fsp3) is 0.438. The number of hydrogen-bond acceptors (Lipinski definition) is 2. The van der Waals surface area contributed by atoms with Crippen LogP contribution in [-0.4, -0.2) is 11.2 Å². The molecule has 112 valence electrons. The Kier molecular flexibility index (Phi) is 3.40. The Labute approximate surface area is 121 Å². The highest BCUT2D eigenvalue weighted by Gasteiger charge is 2.47. The number of fused-ring (bicyclic) bond motifs is 1. The van der Waals surface area contributed by atoms with Crippen molar-refractivity contribution in [1.82, 2.24) is 4.98 Å².